The highest BCUT2D eigenvalue weighted by atomic mass is 19.4. The molecule has 0 radical (unpaired) electrons. The van der Waals surface area contributed by atoms with Crippen LogP contribution < -0.4 is 0 Å². The number of nitrogens with zero attached hydrogens (tertiary/aromatic N) is 1. The van der Waals surface area contributed by atoms with E-state index in [0.717, 1.165) is 18.2 Å². The highest BCUT2D eigenvalue weighted by molar-refractivity contribution is 5.90. The Kier molecular flexibility index (Phi) is 6.39. The van der Waals surface area contributed by atoms with Crippen LogP contribution in [0.1, 0.15) is 22.8 Å². The molecule has 0 aliphatic heterocycles. The van der Waals surface area contributed by atoms with E-state index in [1.165, 1.54) is 23.1 Å². The van der Waals surface area contributed by atoms with Gasteiger partial charge in [-0.25, -0.2) is 4.79 Å². The Hall–Kier alpha value is -3.09. The molecular formula is C20H18F3NO3. The van der Waals surface area contributed by atoms with Crippen LogP contribution >= 0.6 is 0 Å². The maximum absolute atomic E-state index is 12.6. The van der Waals surface area contributed by atoms with Crippen molar-refractivity contribution in [2.75, 3.05) is 14.1 Å². The monoisotopic (exact) mass is 377 g/mol. The molecule has 7 heteroatoms. The van der Waals surface area contributed by atoms with Gasteiger partial charge in [-0.1, -0.05) is 42.5 Å². The van der Waals surface area contributed by atoms with Gasteiger partial charge in [-0.05, 0) is 23.8 Å². The second-order valence-electron chi connectivity index (χ2n) is 5.91. The zero-order valence-electron chi connectivity index (χ0n) is 14.7. The zero-order valence-corrected chi connectivity index (χ0v) is 14.7. The summed E-state index contributed by atoms with van der Waals surface area (Å²) in [5.74, 6) is -1.18. The molecule has 2 aromatic rings. The summed E-state index contributed by atoms with van der Waals surface area (Å²) in [6.07, 6.45) is -3.13. The first-order valence-electron chi connectivity index (χ1n) is 8.00. The number of alkyl halides is 3. The first-order valence-corrected chi connectivity index (χ1v) is 8.00. The second-order valence-corrected chi connectivity index (χ2v) is 5.91. The second kappa shape index (κ2) is 8.53. The van der Waals surface area contributed by atoms with Gasteiger partial charge in [-0.3, -0.25) is 4.79 Å². The molecule has 0 aliphatic rings. The first kappa shape index (κ1) is 20.2. The van der Waals surface area contributed by atoms with E-state index in [2.05, 4.69) is 0 Å². The maximum Gasteiger partial charge on any atom is 0.416 e. The number of carbonyl (C=O) groups excluding carboxylic acids is 2. The van der Waals surface area contributed by atoms with E-state index in [9.17, 15) is 22.8 Å². The molecule has 0 saturated heterocycles. The fourth-order valence-corrected chi connectivity index (χ4v) is 2.23. The van der Waals surface area contributed by atoms with Crippen LogP contribution in [-0.2, 0) is 20.5 Å². The number of ether oxygens (including phenoxy) is 1. The lowest BCUT2D eigenvalue weighted by Gasteiger charge is -2.20. The van der Waals surface area contributed by atoms with Gasteiger partial charge in [0.25, 0.3) is 5.91 Å². The molecule has 1 atom stereocenters. The van der Waals surface area contributed by atoms with E-state index >= 15 is 0 Å². The normalized spacial score (nSPS) is 12.6. The molecule has 2 rings (SSSR count). The van der Waals surface area contributed by atoms with Gasteiger partial charge in [0.05, 0.1) is 5.56 Å². The van der Waals surface area contributed by atoms with E-state index in [0.29, 0.717) is 11.1 Å². The number of likely N-dealkylation sites (N-methyl/N-ethyl adjacent to an activating group) is 1. The van der Waals surface area contributed by atoms with E-state index in [1.807, 2.05) is 0 Å². The van der Waals surface area contributed by atoms with Crippen LogP contribution in [0.4, 0.5) is 13.2 Å². The Balaban J connectivity index is 2.11. The third-order valence-corrected chi connectivity index (χ3v) is 3.65. The van der Waals surface area contributed by atoms with Crippen molar-refractivity contribution in [1.29, 1.82) is 0 Å². The molecule has 0 fully saturated rings. The average Bonchev–Trinajstić information content (AvgIpc) is 2.64. The summed E-state index contributed by atoms with van der Waals surface area (Å²) in [6, 6.07) is 12.9. The summed E-state index contributed by atoms with van der Waals surface area (Å²) in [5, 5.41) is 0. The van der Waals surface area contributed by atoms with Gasteiger partial charge < -0.3 is 9.64 Å². The molecule has 0 bridgehead atoms. The molecular weight excluding hydrogens is 359 g/mol. The molecule has 1 amide bonds. The predicted molar refractivity (Wildman–Crippen MR) is 94.4 cm³/mol. The molecule has 0 aliphatic carbocycles. The van der Waals surface area contributed by atoms with Crippen molar-refractivity contribution in [2.24, 2.45) is 0 Å². The van der Waals surface area contributed by atoms with Gasteiger partial charge in [0.2, 0.25) is 6.10 Å². The minimum Gasteiger partial charge on any atom is -0.444 e. The number of amides is 1. The fraction of sp³-hybridized carbons (Fsp3) is 0.200. The van der Waals surface area contributed by atoms with Crippen LogP contribution in [0, 0.1) is 0 Å². The third-order valence-electron chi connectivity index (χ3n) is 3.65. The molecule has 0 N–H and O–H groups in total. The average molecular weight is 377 g/mol. The molecule has 0 unspecified atom stereocenters. The minimum atomic E-state index is -4.42. The summed E-state index contributed by atoms with van der Waals surface area (Å²) in [7, 11) is 3.09. The number of esters is 1. The summed E-state index contributed by atoms with van der Waals surface area (Å²) in [6.45, 7) is 0. The lowest BCUT2D eigenvalue weighted by molar-refractivity contribution is -0.155. The van der Waals surface area contributed by atoms with Gasteiger partial charge in [0.1, 0.15) is 0 Å². The van der Waals surface area contributed by atoms with Gasteiger partial charge in [-0.2, -0.15) is 13.2 Å². The molecule has 27 heavy (non-hydrogen) atoms. The lowest BCUT2D eigenvalue weighted by Crippen LogP contribution is -2.30. The Morgan fingerprint density at radius 1 is 1.00 bits per heavy atom. The van der Waals surface area contributed by atoms with E-state index in [1.54, 1.807) is 44.4 Å². The highest BCUT2D eigenvalue weighted by Gasteiger charge is 2.30. The van der Waals surface area contributed by atoms with E-state index in [4.69, 9.17) is 4.74 Å². The van der Waals surface area contributed by atoms with Crippen LogP contribution in [0.5, 0.6) is 0 Å². The Labute approximate surface area is 154 Å². The van der Waals surface area contributed by atoms with Crippen LogP contribution in [0.2, 0.25) is 0 Å². The molecule has 142 valence electrons. The first-order chi connectivity index (χ1) is 12.7. The topological polar surface area (TPSA) is 46.6 Å². The van der Waals surface area contributed by atoms with Crippen LogP contribution in [0.3, 0.4) is 0 Å². The van der Waals surface area contributed by atoms with Crippen molar-refractivity contribution in [3.05, 3.63) is 77.4 Å². The van der Waals surface area contributed by atoms with Crippen LogP contribution in [-0.4, -0.2) is 30.9 Å². The number of carbonyl (C=O) groups is 2. The number of benzene rings is 2. The largest absolute Gasteiger partial charge is 0.444 e. The van der Waals surface area contributed by atoms with Crippen LogP contribution in [0.15, 0.2) is 60.7 Å². The smallest absolute Gasteiger partial charge is 0.416 e. The van der Waals surface area contributed by atoms with Crippen molar-refractivity contribution in [3.63, 3.8) is 0 Å². The number of halogens is 3. The molecule has 4 nitrogen and oxygen atoms in total. The van der Waals surface area contributed by atoms with Gasteiger partial charge in [-0.15, -0.1) is 0 Å². The van der Waals surface area contributed by atoms with Crippen molar-refractivity contribution < 1.29 is 27.5 Å². The summed E-state index contributed by atoms with van der Waals surface area (Å²) < 4.78 is 42.9. The minimum absolute atomic E-state index is 0.398. The molecule has 0 aromatic heterocycles. The quantitative estimate of drug-likeness (QED) is 0.582. The number of hydrogen-bond acceptors (Lipinski definition) is 3. The van der Waals surface area contributed by atoms with Crippen LogP contribution in [0.25, 0.3) is 6.08 Å². The molecule has 0 heterocycles. The Morgan fingerprint density at radius 3 is 2.11 bits per heavy atom. The van der Waals surface area contributed by atoms with Crippen molar-refractivity contribution >= 4 is 18.0 Å². The molecule has 0 spiro atoms. The van der Waals surface area contributed by atoms with Gasteiger partial charge >= 0.3 is 12.1 Å². The van der Waals surface area contributed by atoms with Crippen molar-refractivity contribution in [2.45, 2.75) is 12.3 Å². The number of rotatable bonds is 5. The van der Waals surface area contributed by atoms with E-state index in [-0.39, 0.29) is 0 Å². The predicted octanol–water partition coefficient (Wildman–Crippen LogP) is 4.09. The van der Waals surface area contributed by atoms with Crippen molar-refractivity contribution in [1.82, 2.24) is 4.90 Å². The zero-order chi connectivity index (χ0) is 20.0. The lowest BCUT2D eigenvalue weighted by atomic mass is 10.1. The number of hydrogen-bond donors (Lipinski definition) is 0. The van der Waals surface area contributed by atoms with Gasteiger partial charge in [0, 0.05) is 25.7 Å². The molecule has 2 aromatic carbocycles. The van der Waals surface area contributed by atoms with Gasteiger partial charge in [0.15, 0.2) is 0 Å². The Bertz CT molecular complexity index is 813. The van der Waals surface area contributed by atoms with Crippen molar-refractivity contribution in [3.8, 4) is 0 Å². The maximum atomic E-state index is 12.6. The highest BCUT2D eigenvalue weighted by Crippen LogP contribution is 2.29. The third kappa shape index (κ3) is 5.70. The standard InChI is InChI=1S/C20H18F3NO3/c1-24(2)19(26)18(15-6-4-3-5-7-15)27-17(25)13-10-14-8-11-16(12-9-14)20(21,22)23/h3-13,18H,1-2H3/b13-10+/t18-/m0/s1. The SMILES string of the molecule is CN(C)C(=O)[C@@H](OC(=O)/C=C/c1ccc(C(F)(F)F)cc1)c1ccccc1. The van der Waals surface area contributed by atoms with E-state index < -0.39 is 29.7 Å². The summed E-state index contributed by atoms with van der Waals surface area (Å²) in [5.41, 5.74) is 0.144. The summed E-state index contributed by atoms with van der Waals surface area (Å²) in [4.78, 5) is 25.7. The fourth-order valence-electron chi connectivity index (χ4n) is 2.23. The molecule has 0 saturated carbocycles. The summed E-state index contributed by atoms with van der Waals surface area (Å²) >= 11 is 0. The Morgan fingerprint density at radius 2 is 1.59 bits per heavy atom.